The highest BCUT2D eigenvalue weighted by Gasteiger charge is 2.01. The molecule has 0 heterocycles. The van der Waals surface area contributed by atoms with Crippen LogP contribution in [0.1, 0.15) is 49.3 Å². The lowest BCUT2D eigenvalue weighted by atomic mass is 10.0. The Balaban J connectivity index is 0.00000121. The van der Waals surface area contributed by atoms with Gasteiger partial charge in [-0.3, -0.25) is 0 Å². The molecule has 0 fully saturated rings. The molecule has 0 aliphatic carbocycles. The van der Waals surface area contributed by atoms with Crippen LogP contribution in [0.2, 0.25) is 0 Å². The van der Waals surface area contributed by atoms with E-state index in [1.54, 1.807) is 12.1 Å². The SMILES string of the molecule is Cc1ccc(/C=C/c2cc(/C=C/c3ccccc3)cc(/C=C/c3ccc(C(=O)O)cc3)c2)cc1.O=C=O. The number of aryl methyl sites for hydroxylation is 1. The van der Waals surface area contributed by atoms with Gasteiger partial charge in [-0.2, -0.15) is 9.59 Å². The Morgan fingerprint density at radius 3 is 1.32 bits per heavy atom. The Morgan fingerprint density at radius 2 is 0.919 bits per heavy atom. The lowest BCUT2D eigenvalue weighted by Crippen LogP contribution is -1.94. The molecule has 0 atom stereocenters. The van der Waals surface area contributed by atoms with Gasteiger partial charge in [-0.15, -0.1) is 0 Å². The second kappa shape index (κ2) is 13.7. The van der Waals surface area contributed by atoms with Crippen LogP contribution in [-0.4, -0.2) is 17.2 Å². The summed E-state index contributed by atoms with van der Waals surface area (Å²) >= 11 is 0. The summed E-state index contributed by atoms with van der Waals surface area (Å²) in [5.74, 6) is -0.918. The second-order valence-electron chi connectivity index (χ2n) is 8.26. The van der Waals surface area contributed by atoms with Crippen LogP contribution < -0.4 is 0 Å². The maximum absolute atomic E-state index is 11.1. The van der Waals surface area contributed by atoms with E-state index in [-0.39, 0.29) is 11.7 Å². The Hall–Kier alpha value is -5.05. The summed E-state index contributed by atoms with van der Waals surface area (Å²) in [6.07, 6.45) is 12.8. The predicted molar refractivity (Wildman–Crippen MR) is 149 cm³/mol. The number of carboxylic acids is 1. The molecule has 0 saturated carbocycles. The van der Waals surface area contributed by atoms with Crippen LogP contribution in [-0.2, 0) is 9.59 Å². The number of benzene rings is 4. The highest BCUT2D eigenvalue weighted by molar-refractivity contribution is 5.88. The fourth-order valence-corrected chi connectivity index (χ4v) is 3.55. The van der Waals surface area contributed by atoms with Crippen LogP contribution in [0.25, 0.3) is 36.5 Å². The third kappa shape index (κ3) is 8.91. The van der Waals surface area contributed by atoms with E-state index in [2.05, 4.69) is 91.9 Å². The maximum Gasteiger partial charge on any atom is 0.373 e. The van der Waals surface area contributed by atoms with Gasteiger partial charge in [-0.1, -0.05) is 109 Å². The number of hydrogen-bond donors (Lipinski definition) is 1. The molecule has 0 amide bonds. The number of rotatable bonds is 7. The highest BCUT2D eigenvalue weighted by Crippen LogP contribution is 2.19. The van der Waals surface area contributed by atoms with Crippen LogP contribution >= 0.6 is 0 Å². The molecule has 4 heteroatoms. The van der Waals surface area contributed by atoms with E-state index in [4.69, 9.17) is 14.7 Å². The minimum atomic E-state index is -0.918. The zero-order chi connectivity index (χ0) is 26.5. The van der Waals surface area contributed by atoms with Crippen molar-refractivity contribution in [2.75, 3.05) is 0 Å². The van der Waals surface area contributed by atoms with E-state index < -0.39 is 5.97 Å². The molecule has 4 rings (SSSR count). The first-order valence-corrected chi connectivity index (χ1v) is 11.6. The fraction of sp³-hybridized carbons (Fsp3) is 0.0303. The van der Waals surface area contributed by atoms with Crippen molar-refractivity contribution < 1.29 is 19.5 Å². The molecule has 0 bridgehead atoms. The molecule has 1 N–H and O–H groups in total. The molecule has 4 aromatic rings. The van der Waals surface area contributed by atoms with Crippen molar-refractivity contribution in [3.8, 4) is 0 Å². The summed E-state index contributed by atoms with van der Waals surface area (Å²) in [7, 11) is 0. The molecule has 0 aliphatic heterocycles. The van der Waals surface area contributed by atoms with E-state index in [1.807, 2.05) is 36.4 Å². The summed E-state index contributed by atoms with van der Waals surface area (Å²) in [5, 5.41) is 9.09. The van der Waals surface area contributed by atoms with Crippen molar-refractivity contribution in [3.63, 3.8) is 0 Å². The van der Waals surface area contributed by atoms with Gasteiger partial charge >= 0.3 is 12.1 Å². The topological polar surface area (TPSA) is 71.4 Å². The Labute approximate surface area is 216 Å². The second-order valence-corrected chi connectivity index (χ2v) is 8.26. The smallest absolute Gasteiger partial charge is 0.373 e. The van der Waals surface area contributed by atoms with Gasteiger partial charge in [0.05, 0.1) is 5.56 Å². The van der Waals surface area contributed by atoms with Crippen molar-refractivity contribution in [1.29, 1.82) is 0 Å². The standard InChI is InChI=1S/C32H26O2.CO2/c1-24-7-9-26(10-8-24)12-15-29-21-28(14-11-25-5-3-2-4-6-25)22-30(23-29)16-13-27-17-19-31(20-18-27)32(33)34;2-1-3/h2-23H,1H3,(H,33,34);/b14-11+,15-12+,16-13+;. The molecule has 0 aromatic heterocycles. The number of hydrogen-bond acceptors (Lipinski definition) is 3. The monoisotopic (exact) mass is 486 g/mol. The van der Waals surface area contributed by atoms with E-state index in [0.717, 1.165) is 33.4 Å². The molecule has 0 saturated heterocycles. The zero-order valence-electron chi connectivity index (χ0n) is 20.4. The van der Waals surface area contributed by atoms with Gasteiger partial charge < -0.3 is 5.11 Å². The van der Waals surface area contributed by atoms with E-state index >= 15 is 0 Å². The molecular formula is C33H26O4. The third-order valence-electron chi connectivity index (χ3n) is 5.44. The lowest BCUT2D eigenvalue weighted by molar-refractivity contribution is -0.191. The van der Waals surface area contributed by atoms with Crippen molar-refractivity contribution in [1.82, 2.24) is 0 Å². The Bertz CT molecular complexity index is 1440. The van der Waals surface area contributed by atoms with Gasteiger partial charge in [0.15, 0.2) is 0 Å². The molecular weight excluding hydrogens is 460 g/mol. The van der Waals surface area contributed by atoms with Gasteiger partial charge in [0.1, 0.15) is 0 Å². The van der Waals surface area contributed by atoms with Gasteiger partial charge in [-0.25, -0.2) is 4.79 Å². The Kier molecular flexibility index (Phi) is 9.86. The predicted octanol–water partition coefficient (Wildman–Crippen LogP) is 7.62. The van der Waals surface area contributed by atoms with Gasteiger partial charge in [0.25, 0.3) is 0 Å². The van der Waals surface area contributed by atoms with Crippen molar-refractivity contribution in [2.24, 2.45) is 0 Å². The van der Waals surface area contributed by atoms with Gasteiger partial charge in [0, 0.05) is 0 Å². The first-order chi connectivity index (χ1) is 18.0. The summed E-state index contributed by atoms with van der Waals surface area (Å²) in [4.78, 5) is 27.3. The van der Waals surface area contributed by atoms with Gasteiger partial charge in [0.2, 0.25) is 0 Å². The lowest BCUT2D eigenvalue weighted by Gasteiger charge is -2.03. The minimum absolute atomic E-state index is 0.250. The third-order valence-corrected chi connectivity index (χ3v) is 5.44. The number of carbonyl (C=O) groups excluding carboxylic acids is 2. The quantitative estimate of drug-likeness (QED) is 0.273. The molecule has 0 aliphatic rings. The molecule has 0 radical (unpaired) electrons. The average molecular weight is 487 g/mol. The van der Waals surface area contributed by atoms with E-state index in [1.165, 1.54) is 5.56 Å². The Morgan fingerprint density at radius 1 is 0.568 bits per heavy atom. The molecule has 37 heavy (non-hydrogen) atoms. The molecule has 0 spiro atoms. The highest BCUT2D eigenvalue weighted by atomic mass is 16.4. The van der Waals surface area contributed by atoms with E-state index in [9.17, 15) is 4.79 Å². The normalized spacial score (nSPS) is 10.8. The van der Waals surface area contributed by atoms with Crippen molar-refractivity contribution >= 4 is 48.6 Å². The summed E-state index contributed by atoms with van der Waals surface area (Å²) in [5.41, 5.74) is 8.08. The average Bonchev–Trinajstić information content (AvgIpc) is 2.92. The fourth-order valence-electron chi connectivity index (χ4n) is 3.55. The molecule has 4 nitrogen and oxygen atoms in total. The summed E-state index contributed by atoms with van der Waals surface area (Å²) in [6.45, 7) is 2.09. The molecule has 0 unspecified atom stereocenters. The number of carbonyl (C=O) groups is 1. The van der Waals surface area contributed by atoms with Crippen LogP contribution in [0, 0.1) is 6.92 Å². The minimum Gasteiger partial charge on any atom is -0.478 e. The van der Waals surface area contributed by atoms with Crippen LogP contribution in [0.4, 0.5) is 0 Å². The zero-order valence-corrected chi connectivity index (χ0v) is 20.4. The first-order valence-electron chi connectivity index (χ1n) is 11.6. The van der Waals surface area contributed by atoms with Crippen LogP contribution in [0.5, 0.6) is 0 Å². The first kappa shape index (κ1) is 26.6. The maximum atomic E-state index is 11.1. The summed E-state index contributed by atoms with van der Waals surface area (Å²) < 4.78 is 0. The van der Waals surface area contributed by atoms with Crippen molar-refractivity contribution in [2.45, 2.75) is 6.92 Å². The van der Waals surface area contributed by atoms with E-state index in [0.29, 0.717) is 0 Å². The van der Waals surface area contributed by atoms with Gasteiger partial charge in [-0.05, 0) is 70.6 Å². The van der Waals surface area contributed by atoms with Crippen molar-refractivity contribution in [3.05, 3.63) is 142 Å². The summed E-state index contributed by atoms with van der Waals surface area (Å²) in [6, 6.07) is 32.0. The molecule has 182 valence electrons. The number of aromatic carboxylic acids is 1. The van der Waals surface area contributed by atoms with Crippen LogP contribution in [0.15, 0.2) is 97.1 Å². The molecule has 4 aromatic carbocycles. The largest absolute Gasteiger partial charge is 0.478 e. The number of carboxylic acid groups (broad SMARTS) is 1. The van der Waals surface area contributed by atoms with Crippen LogP contribution in [0.3, 0.4) is 0 Å².